The molecule has 2 nitrogen and oxygen atoms in total. The third-order valence-electron chi connectivity index (χ3n) is 2.76. The second-order valence-electron chi connectivity index (χ2n) is 3.90. The molecule has 1 N–H and O–H groups in total. The van der Waals surface area contributed by atoms with Crippen LogP contribution in [-0.4, -0.2) is 5.11 Å². The molecule has 1 heterocycles. The van der Waals surface area contributed by atoms with Gasteiger partial charge in [-0.25, -0.2) is 0 Å². The first-order valence-electron chi connectivity index (χ1n) is 5.54. The van der Waals surface area contributed by atoms with Crippen LogP contribution in [0, 0.1) is 6.92 Å². The van der Waals surface area contributed by atoms with E-state index >= 15 is 0 Å². The summed E-state index contributed by atoms with van der Waals surface area (Å²) in [4.78, 5) is 0. The molecule has 1 aromatic carbocycles. The van der Waals surface area contributed by atoms with Crippen LogP contribution in [0.2, 0.25) is 0 Å². The predicted molar refractivity (Wildman–Crippen MR) is 63.3 cm³/mol. The minimum Gasteiger partial charge on any atom is -0.463 e. The molecule has 2 heteroatoms. The fourth-order valence-corrected chi connectivity index (χ4v) is 1.88. The van der Waals surface area contributed by atoms with Gasteiger partial charge in [-0.05, 0) is 36.6 Å². The van der Waals surface area contributed by atoms with Gasteiger partial charge in [0, 0.05) is 0 Å². The maximum Gasteiger partial charge on any atom is 0.137 e. The van der Waals surface area contributed by atoms with Gasteiger partial charge in [0.2, 0.25) is 0 Å². The highest BCUT2D eigenvalue weighted by atomic mass is 16.4. The molecule has 84 valence electrons. The molecule has 2 aromatic rings. The van der Waals surface area contributed by atoms with Gasteiger partial charge in [0.1, 0.15) is 17.6 Å². The molecule has 0 saturated heterocycles. The highest BCUT2D eigenvalue weighted by Gasteiger charge is 2.16. The Morgan fingerprint density at radius 2 is 1.94 bits per heavy atom. The van der Waals surface area contributed by atoms with Crippen molar-refractivity contribution < 1.29 is 9.52 Å². The van der Waals surface area contributed by atoms with E-state index in [2.05, 4.69) is 6.92 Å². The number of benzene rings is 1. The largest absolute Gasteiger partial charge is 0.463 e. The number of hydrogen-bond acceptors (Lipinski definition) is 2. The smallest absolute Gasteiger partial charge is 0.137 e. The van der Waals surface area contributed by atoms with Gasteiger partial charge in [0.25, 0.3) is 0 Å². The molecular formula is C14H16O2. The first kappa shape index (κ1) is 11.0. The Bertz CT molecular complexity index is 471. The fraction of sp³-hybridized carbons (Fsp3) is 0.286. The van der Waals surface area contributed by atoms with Crippen LogP contribution in [0.5, 0.6) is 0 Å². The van der Waals surface area contributed by atoms with Crippen LogP contribution in [-0.2, 0) is 6.42 Å². The van der Waals surface area contributed by atoms with Gasteiger partial charge in [0.15, 0.2) is 0 Å². The first-order chi connectivity index (χ1) is 7.72. The number of furan rings is 1. The van der Waals surface area contributed by atoms with Gasteiger partial charge in [-0.2, -0.15) is 0 Å². The molecule has 1 aromatic heterocycles. The summed E-state index contributed by atoms with van der Waals surface area (Å²) in [6, 6.07) is 11.6. The van der Waals surface area contributed by atoms with E-state index in [4.69, 9.17) is 4.42 Å². The summed E-state index contributed by atoms with van der Waals surface area (Å²) in [5.74, 6) is 1.43. The summed E-state index contributed by atoms with van der Waals surface area (Å²) in [6.07, 6.45) is 0.247. The molecule has 0 spiro atoms. The van der Waals surface area contributed by atoms with E-state index in [1.165, 1.54) is 0 Å². The summed E-state index contributed by atoms with van der Waals surface area (Å²) in [7, 11) is 0. The van der Waals surface area contributed by atoms with Crippen molar-refractivity contribution in [3.05, 3.63) is 59.0 Å². The minimum atomic E-state index is -0.662. The quantitative estimate of drug-likeness (QED) is 0.854. The maximum absolute atomic E-state index is 10.2. The lowest BCUT2D eigenvalue weighted by Gasteiger charge is -2.12. The SMILES string of the molecule is CCc1ccccc1[C@@H](O)c1ccc(C)o1. The lowest BCUT2D eigenvalue weighted by atomic mass is 9.99. The average Bonchev–Trinajstić information content (AvgIpc) is 2.75. The third-order valence-corrected chi connectivity index (χ3v) is 2.76. The van der Waals surface area contributed by atoms with Gasteiger partial charge < -0.3 is 9.52 Å². The summed E-state index contributed by atoms with van der Waals surface area (Å²) >= 11 is 0. The van der Waals surface area contributed by atoms with E-state index in [0.717, 1.165) is 23.3 Å². The molecule has 1 atom stereocenters. The molecule has 0 amide bonds. The third kappa shape index (κ3) is 2.02. The summed E-state index contributed by atoms with van der Waals surface area (Å²) in [5, 5.41) is 10.2. The number of aliphatic hydroxyl groups excluding tert-OH is 1. The Balaban J connectivity index is 2.36. The number of aryl methyl sites for hydroxylation is 2. The number of aliphatic hydroxyl groups is 1. The summed E-state index contributed by atoms with van der Waals surface area (Å²) in [5.41, 5.74) is 2.09. The lowest BCUT2D eigenvalue weighted by Crippen LogP contribution is -2.02. The van der Waals surface area contributed by atoms with E-state index in [9.17, 15) is 5.11 Å². The van der Waals surface area contributed by atoms with Gasteiger partial charge in [-0.15, -0.1) is 0 Å². The zero-order chi connectivity index (χ0) is 11.5. The zero-order valence-electron chi connectivity index (χ0n) is 9.60. The van der Waals surface area contributed by atoms with E-state index in [-0.39, 0.29) is 0 Å². The highest BCUT2D eigenvalue weighted by molar-refractivity contribution is 5.33. The van der Waals surface area contributed by atoms with Gasteiger partial charge in [-0.1, -0.05) is 31.2 Å². The van der Waals surface area contributed by atoms with Crippen LogP contribution in [0.3, 0.4) is 0 Å². The molecule has 2 rings (SSSR count). The van der Waals surface area contributed by atoms with Crippen molar-refractivity contribution in [1.29, 1.82) is 0 Å². The maximum atomic E-state index is 10.2. The fourth-order valence-electron chi connectivity index (χ4n) is 1.88. The van der Waals surface area contributed by atoms with Crippen LogP contribution in [0.25, 0.3) is 0 Å². The van der Waals surface area contributed by atoms with Crippen molar-refractivity contribution in [2.45, 2.75) is 26.4 Å². The summed E-state index contributed by atoms with van der Waals surface area (Å²) < 4.78 is 5.45. The van der Waals surface area contributed by atoms with E-state index in [1.807, 2.05) is 43.3 Å². The van der Waals surface area contributed by atoms with Crippen molar-refractivity contribution in [1.82, 2.24) is 0 Å². The number of hydrogen-bond donors (Lipinski definition) is 1. The van der Waals surface area contributed by atoms with Crippen molar-refractivity contribution in [3.8, 4) is 0 Å². The second kappa shape index (κ2) is 4.54. The van der Waals surface area contributed by atoms with Crippen molar-refractivity contribution >= 4 is 0 Å². The molecule has 0 radical (unpaired) electrons. The van der Waals surface area contributed by atoms with Gasteiger partial charge >= 0.3 is 0 Å². The van der Waals surface area contributed by atoms with Crippen molar-refractivity contribution in [3.63, 3.8) is 0 Å². The minimum absolute atomic E-state index is 0.610. The van der Waals surface area contributed by atoms with Crippen LogP contribution < -0.4 is 0 Å². The predicted octanol–water partition coefficient (Wildman–Crippen LogP) is 3.23. The Kier molecular flexibility index (Phi) is 3.11. The molecule has 0 aliphatic rings. The van der Waals surface area contributed by atoms with Crippen LogP contribution >= 0.6 is 0 Å². The Morgan fingerprint density at radius 3 is 2.56 bits per heavy atom. The highest BCUT2D eigenvalue weighted by Crippen LogP contribution is 2.26. The second-order valence-corrected chi connectivity index (χ2v) is 3.90. The Morgan fingerprint density at radius 1 is 1.19 bits per heavy atom. The summed E-state index contributed by atoms with van der Waals surface area (Å²) in [6.45, 7) is 3.96. The average molecular weight is 216 g/mol. The molecule has 0 unspecified atom stereocenters. The molecule has 0 fully saturated rings. The van der Waals surface area contributed by atoms with Crippen molar-refractivity contribution in [2.75, 3.05) is 0 Å². The monoisotopic (exact) mass is 216 g/mol. The topological polar surface area (TPSA) is 33.4 Å². The van der Waals surface area contributed by atoms with E-state index in [0.29, 0.717) is 5.76 Å². The van der Waals surface area contributed by atoms with E-state index < -0.39 is 6.10 Å². The Labute approximate surface area is 95.5 Å². The Hall–Kier alpha value is -1.54. The van der Waals surface area contributed by atoms with Crippen LogP contribution in [0.15, 0.2) is 40.8 Å². The molecule has 0 bridgehead atoms. The molecule has 0 saturated carbocycles. The van der Waals surface area contributed by atoms with Crippen LogP contribution in [0.4, 0.5) is 0 Å². The normalized spacial score (nSPS) is 12.7. The molecule has 0 aliphatic heterocycles. The van der Waals surface area contributed by atoms with E-state index in [1.54, 1.807) is 0 Å². The van der Waals surface area contributed by atoms with Gasteiger partial charge in [0.05, 0.1) is 0 Å². The number of rotatable bonds is 3. The molecule has 16 heavy (non-hydrogen) atoms. The first-order valence-corrected chi connectivity index (χ1v) is 5.54. The van der Waals surface area contributed by atoms with Crippen LogP contribution in [0.1, 0.15) is 35.7 Å². The molecule has 0 aliphatic carbocycles. The lowest BCUT2D eigenvalue weighted by molar-refractivity contribution is 0.186. The zero-order valence-corrected chi connectivity index (χ0v) is 9.60. The molecular weight excluding hydrogens is 200 g/mol. The standard InChI is InChI=1S/C14H16O2/c1-3-11-6-4-5-7-12(11)14(15)13-9-8-10(2)16-13/h4-9,14-15H,3H2,1-2H3/t14-/m1/s1. The van der Waals surface area contributed by atoms with Gasteiger partial charge in [-0.3, -0.25) is 0 Å². The van der Waals surface area contributed by atoms with Crippen molar-refractivity contribution in [2.24, 2.45) is 0 Å².